The fraction of sp³-hybridized carbons (Fsp3) is 0.429. The van der Waals surface area contributed by atoms with Crippen molar-refractivity contribution in [3.05, 3.63) is 32.5 Å². The zero-order valence-corrected chi connectivity index (χ0v) is 15.0. The number of amides is 3. The smallest absolute Gasteiger partial charge is 0.325 e. The van der Waals surface area contributed by atoms with E-state index < -0.39 is 11.6 Å². The molecule has 9 heteroatoms. The average Bonchev–Trinajstić information content (AvgIpc) is 3.17. The van der Waals surface area contributed by atoms with Crippen molar-refractivity contribution in [2.75, 3.05) is 0 Å². The van der Waals surface area contributed by atoms with Gasteiger partial charge in [-0.15, -0.1) is 11.3 Å². The molecular weight excluding hydrogens is 384 g/mol. The molecule has 2 aromatic rings. The van der Waals surface area contributed by atoms with Crippen LogP contribution in [0.25, 0.3) is 0 Å². The van der Waals surface area contributed by atoms with Crippen LogP contribution in [-0.4, -0.2) is 27.0 Å². The number of imide groups is 1. The Balaban J connectivity index is 1.81. The lowest BCUT2D eigenvalue weighted by molar-refractivity contribution is -0.131. The third kappa shape index (κ3) is 2.90. The molecule has 1 atom stereocenters. The Labute approximate surface area is 145 Å². The molecule has 1 aliphatic heterocycles. The fourth-order valence-corrected chi connectivity index (χ4v) is 3.89. The molecule has 23 heavy (non-hydrogen) atoms. The third-order valence-electron chi connectivity index (χ3n) is 3.62. The lowest BCUT2D eigenvalue weighted by Crippen LogP contribution is -2.40. The van der Waals surface area contributed by atoms with Crippen molar-refractivity contribution in [2.45, 2.75) is 38.8 Å². The molecule has 1 fully saturated rings. The first-order valence-corrected chi connectivity index (χ1v) is 8.76. The molecule has 0 aliphatic carbocycles. The summed E-state index contributed by atoms with van der Waals surface area (Å²) in [5.41, 5.74) is -1.07. The molecule has 3 rings (SSSR count). The van der Waals surface area contributed by atoms with Crippen molar-refractivity contribution in [3.63, 3.8) is 0 Å². The van der Waals surface area contributed by atoms with Crippen LogP contribution in [-0.2, 0) is 23.3 Å². The quantitative estimate of drug-likeness (QED) is 0.782. The van der Waals surface area contributed by atoms with E-state index in [4.69, 9.17) is 4.52 Å². The van der Waals surface area contributed by atoms with E-state index in [1.807, 2.05) is 19.1 Å². The molecule has 0 bridgehead atoms. The predicted molar refractivity (Wildman–Crippen MR) is 86.7 cm³/mol. The molecule has 1 unspecified atom stereocenters. The zero-order chi connectivity index (χ0) is 16.6. The Hall–Kier alpha value is -1.74. The molecule has 0 aromatic carbocycles. The summed E-state index contributed by atoms with van der Waals surface area (Å²) >= 11 is 4.78. The van der Waals surface area contributed by atoms with Crippen LogP contribution in [0.5, 0.6) is 0 Å². The number of hydrogen-bond donors (Lipinski definition) is 1. The van der Waals surface area contributed by atoms with Gasteiger partial charge in [0, 0.05) is 11.3 Å². The Morgan fingerprint density at radius 1 is 1.43 bits per heavy atom. The first-order valence-electron chi connectivity index (χ1n) is 7.15. The normalized spacial score (nSPS) is 21.1. The number of thiophene rings is 1. The van der Waals surface area contributed by atoms with Gasteiger partial charge in [-0.2, -0.15) is 4.98 Å². The molecule has 3 heterocycles. The van der Waals surface area contributed by atoms with E-state index in [0.717, 1.165) is 20.0 Å². The molecule has 0 spiro atoms. The van der Waals surface area contributed by atoms with Crippen molar-refractivity contribution in [1.82, 2.24) is 20.4 Å². The summed E-state index contributed by atoms with van der Waals surface area (Å²) in [6.45, 7) is 3.68. The number of halogens is 1. The Morgan fingerprint density at radius 2 is 2.22 bits per heavy atom. The molecule has 0 saturated carbocycles. The van der Waals surface area contributed by atoms with Gasteiger partial charge in [-0.1, -0.05) is 12.1 Å². The number of hydrogen-bond acceptors (Lipinski definition) is 6. The molecule has 7 nitrogen and oxygen atoms in total. The zero-order valence-electron chi connectivity index (χ0n) is 12.6. The van der Waals surface area contributed by atoms with Gasteiger partial charge in [-0.25, -0.2) is 4.79 Å². The minimum absolute atomic E-state index is 0.0243. The van der Waals surface area contributed by atoms with Gasteiger partial charge in [0.1, 0.15) is 6.54 Å². The van der Waals surface area contributed by atoms with E-state index in [1.54, 1.807) is 6.92 Å². The Morgan fingerprint density at radius 3 is 2.87 bits per heavy atom. The average molecular weight is 399 g/mol. The fourth-order valence-electron chi connectivity index (χ4n) is 2.41. The summed E-state index contributed by atoms with van der Waals surface area (Å²) in [7, 11) is 0. The van der Waals surface area contributed by atoms with Crippen LogP contribution < -0.4 is 5.32 Å². The SMILES string of the molecule is CCCc1noc(CN2C(=O)NC(C)(c3ccc(Br)s3)C2=O)n1. The maximum atomic E-state index is 12.7. The van der Waals surface area contributed by atoms with E-state index in [-0.39, 0.29) is 18.3 Å². The van der Waals surface area contributed by atoms with E-state index in [0.29, 0.717) is 12.2 Å². The van der Waals surface area contributed by atoms with E-state index in [2.05, 4.69) is 31.4 Å². The second-order valence-electron chi connectivity index (χ2n) is 5.40. The van der Waals surface area contributed by atoms with E-state index >= 15 is 0 Å². The third-order valence-corrected chi connectivity index (χ3v) is 5.46. The van der Waals surface area contributed by atoms with Gasteiger partial charge >= 0.3 is 6.03 Å². The molecule has 1 aliphatic rings. The Kier molecular flexibility index (Phi) is 4.24. The van der Waals surface area contributed by atoms with Crippen LogP contribution in [0.3, 0.4) is 0 Å². The summed E-state index contributed by atoms with van der Waals surface area (Å²) in [6, 6.07) is 3.21. The number of nitrogens with zero attached hydrogens (tertiary/aromatic N) is 3. The lowest BCUT2D eigenvalue weighted by atomic mass is 10.0. The van der Waals surface area contributed by atoms with Gasteiger partial charge in [0.05, 0.1) is 3.79 Å². The van der Waals surface area contributed by atoms with E-state index in [1.165, 1.54) is 11.3 Å². The number of urea groups is 1. The molecular formula is C14H15BrN4O3S. The number of carbonyl (C=O) groups excluding carboxylic acids is 2. The van der Waals surface area contributed by atoms with Gasteiger partial charge in [0.25, 0.3) is 5.91 Å². The largest absolute Gasteiger partial charge is 0.337 e. The van der Waals surface area contributed by atoms with Crippen molar-refractivity contribution >= 4 is 39.2 Å². The van der Waals surface area contributed by atoms with Crippen molar-refractivity contribution in [3.8, 4) is 0 Å². The van der Waals surface area contributed by atoms with Crippen molar-refractivity contribution < 1.29 is 14.1 Å². The van der Waals surface area contributed by atoms with E-state index in [9.17, 15) is 9.59 Å². The Bertz CT molecular complexity index is 759. The highest BCUT2D eigenvalue weighted by Gasteiger charge is 2.50. The molecule has 1 N–H and O–H groups in total. The topological polar surface area (TPSA) is 88.3 Å². The number of carbonyl (C=O) groups is 2. The summed E-state index contributed by atoms with van der Waals surface area (Å²) in [4.78, 5) is 31.0. The number of nitrogens with one attached hydrogen (secondary N) is 1. The number of aromatic nitrogens is 2. The van der Waals surface area contributed by atoms with Crippen molar-refractivity contribution in [2.24, 2.45) is 0 Å². The molecule has 122 valence electrons. The van der Waals surface area contributed by atoms with Gasteiger partial charge < -0.3 is 9.84 Å². The summed E-state index contributed by atoms with van der Waals surface area (Å²) in [5, 5.41) is 6.59. The maximum Gasteiger partial charge on any atom is 0.325 e. The van der Waals surface area contributed by atoms with Crippen LogP contribution in [0.1, 0.15) is 36.9 Å². The molecule has 1 saturated heterocycles. The number of rotatable bonds is 5. The molecule has 0 radical (unpaired) electrons. The van der Waals surface area contributed by atoms with Crippen LogP contribution in [0.2, 0.25) is 0 Å². The second kappa shape index (κ2) is 6.04. The van der Waals surface area contributed by atoms with Crippen LogP contribution in [0.15, 0.2) is 20.4 Å². The summed E-state index contributed by atoms with van der Waals surface area (Å²) in [5.74, 6) is 0.514. The highest BCUT2D eigenvalue weighted by Crippen LogP contribution is 2.35. The highest BCUT2D eigenvalue weighted by molar-refractivity contribution is 9.11. The standard InChI is InChI=1S/C14H15BrN4O3S/c1-3-4-10-16-11(22-18-10)7-19-12(20)14(2,17-13(19)21)8-5-6-9(15)23-8/h5-6H,3-4,7H2,1-2H3,(H,17,21). The van der Waals surface area contributed by atoms with Gasteiger partial charge in [0.2, 0.25) is 5.89 Å². The van der Waals surface area contributed by atoms with Crippen LogP contribution >= 0.6 is 27.3 Å². The maximum absolute atomic E-state index is 12.7. The van der Waals surface area contributed by atoms with Crippen molar-refractivity contribution in [1.29, 1.82) is 0 Å². The monoisotopic (exact) mass is 398 g/mol. The summed E-state index contributed by atoms with van der Waals surface area (Å²) in [6.07, 6.45) is 1.60. The van der Waals surface area contributed by atoms with Gasteiger partial charge in [0.15, 0.2) is 11.4 Å². The van der Waals surface area contributed by atoms with Crippen LogP contribution in [0.4, 0.5) is 4.79 Å². The molecule has 2 aromatic heterocycles. The van der Waals surface area contributed by atoms with Crippen LogP contribution in [0, 0.1) is 0 Å². The van der Waals surface area contributed by atoms with Gasteiger partial charge in [-0.05, 0) is 41.4 Å². The minimum atomic E-state index is -1.07. The second-order valence-corrected chi connectivity index (χ2v) is 7.87. The lowest BCUT2D eigenvalue weighted by Gasteiger charge is -2.19. The first kappa shape index (κ1) is 16.1. The minimum Gasteiger partial charge on any atom is -0.337 e. The number of aryl methyl sites for hydroxylation is 1. The summed E-state index contributed by atoms with van der Waals surface area (Å²) < 4.78 is 6.01. The predicted octanol–water partition coefficient (Wildman–Crippen LogP) is 2.81. The highest BCUT2D eigenvalue weighted by atomic mass is 79.9. The first-order chi connectivity index (χ1) is 10.9. The molecule has 3 amide bonds. The van der Waals surface area contributed by atoms with Gasteiger partial charge in [-0.3, -0.25) is 9.69 Å².